The predicted molar refractivity (Wildman–Crippen MR) is 95.4 cm³/mol. The highest BCUT2D eigenvalue weighted by atomic mass is 16.1. The Morgan fingerprint density at radius 1 is 0.955 bits per heavy atom. The number of hydrogen-bond acceptors (Lipinski definition) is 2. The molecule has 22 heavy (non-hydrogen) atoms. The molecule has 1 aromatic carbocycles. The summed E-state index contributed by atoms with van der Waals surface area (Å²) in [6.45, 7) is 4.25. The van der Waals surface area contributed by atoms with Crippen LogP contribution in [-0.4, -0.2) is 11.8 Å². The Balaban J connectivity index is 2.17. The van der Waals surface area contributed by atoms with Crippen molar-refractivity contribution >= 4 is 5.78 Å². The summed E-state index contributed by atoms with van der Waals surface area (Å²) in [5.74, 6) is 0.276. The highest BCUT2D eigenvalue weighted by molar-refractivity contribution is 5.96. The molecule has 0 aliphatic rings. The first-order chi connectivity index (χ1) is 10.6. The van der Waals surface area contributed by atoms with E-state index >= 15 is 0 Å². The predicted octanol–water partition coefficient (Wildman–Crippen LogP) is 5.29. The fraction of sp³-hybridized carbons (Fsp3) is 0.650. The zero-order valence-corrected chi connectivity index (χ0v) is 14.4. The van der Waals surface area contributed by atoms with Gasteiger partial charge < -0.3 is 5.73 Å². The van der Waals surface area contributed by atoms with Crippen LogP contribution in [0.4, 0.5) is 0 Å². The van der Waals surface area contributed by atoms with E-state index in [1.807, 2.05) is 31.2 Å². The molecule has 1 unspecified atom stereocenters. The largest absolute Gasteiger partial charge is 0.328 e. The minimum absolute atomic E-state index is 0.166. The number of unbranched alkanes of at least 4 members (excludes halogenated alkanes) is 7. The summed E-state index contributed by atoms with van der Waals surface area (Å²) in [4.78, 5) is 12.1. The van der Waals surface area contributed by atoms with E-state index in [1.54, 1.807) is 0 Å². The van der Waals surface area contributed by atoms with Gasteiger partial charge in [-0.25, -0.2) is 0 Å². The van der Waals surface area contributed by atoms with Crippen LogP contribution in [0.25, 0.3) is 0 Å². The highest BCUT2D eigenvalue weighted by Crippen LogP contribution is 2.13. The summed E-state index contributed by atoms with van der Waals surface area (Å²) >= 11 is 0. The van der Waals surface area contributed by atoms with Crippen LogP contribution in [-0.2, 0) is 6.42 Å². The molecule has 2 N–H and O–H groups in total. The van der Waals surface area contributed by atoms with Crippen LogP contribution >= 0.6 is 0 Å². The third-order valence-corrected chi connectivity index (χ3v) is 4.09. The lowest BCUT2D eigenvalue weighted by Gasteiger charge is -2.06. The number of carbonyl (C=O) groups excluding carboxylic acids is 1. The Morgan fingerprint density at radius 2 is 1.50 bits per heavy atom. The van der Waals surface area contributed by atoms with Gasteiger partial charge in [0.15, 0.2) is 5.78 Å². The monoisotopic (exact) mass is 303 g/mol. The first-order valence-corrected chi connectivity index (χ1v) is 9.01. The number of carbonyl (C=O) groups is 1. The molecule has 0 bridgehead atoms. The van der Waals surface area contributed by atoms with Gasteiger partial charge in [0, 0.05) is 18.0 Å². The van der Waals surface area contributed by atoms with Gasteiger partial charge >= 0.3 is 0 Å². The molecule has 0 amide bonds. The molecule has 0 fully saturated rings. The number of ketones is 1. The lowest BCUT2D eigenvalue weighted by Crippen LogP contribution is -2.17. The molecule has 2 heteroatoms. The van der Waals surface area contributed by atoms with Gasteiger partial charge in [-0.3, -0.25) is 4.79 Å². The maximum Gasteiger partial charge on any atom is 0.162 e. The molecule has 2 nitrogen and oxygen atoms in total. The highest BCUT2D eigenvalue weighted by Gasteiger charge is 2.06. The van der Waals surface area contributed by atoms with E-state index in [1.165, 1.54) is 50.5 Å². The minimum Gasteiger partial charge on any atom is -0.328 e. The second-order valence-electron chi connectivity index (χ2n) is 6.53. The lowest BCUT2D eigenvalue weighted by molar-refractivity contribution is 0.0979. The van der Waals surface area contributed by atoms with Crippen LogP contribution < -0.4 is 5.73 Å². The van der Waals surface area contributed by atoms with Crippen molar-refractivity contribution in [3.8, 4) is 0 Å². The molecule has 0 aliphatic heterocycles. The van der Waals surface area contributed by atoms with Crippen molar-refractivity contribution in [3.05, 3.63) is 35.4 Å². The van der Waals surface area contributed by atoms with E-state index in [2.05, 4.69) is 6.92 Å². The van der Waals surface area contributed by atoms with Crippen molar-refractivity contribution in [2.24, 2.45) is 5.73 Å². The Hall–Kier alpha value is -1.15. The summed E-state index contributed by atoms with van der Waals surface area (Å²) in [6.07, 6.45) is 11.7. The third-order valence-electron chi connectivity index (χ3n) is 4.09. The zero-order valence-electron chi connectivity index (χ0n) is 14.4. The number of nitrogens with two attached hydrogens (primary N) is 1. The Bertz CT molecular complexity index is 408. The fourth-order valence-corrected chi connectivity index (χ4v) is 2.76. The van der Waals surface area contributed by atoms with Gasteiger partial charge in [-0.1, -0.05) is 76.1 Å². The van der Waals surface area contributed by atoms with E-state index in [9.17, 15) is 4.79 Å². The second kappa shape index (κ2) is 11.4. The molecule has 0 spiro atoms. The van der Waals surface area contributed by atoms with Gasteiger partial charge in [0.1, 0.15) is 0 Å². The normalized spacial score (nSPS) is 12.3. The van der Waals surface area contributed by atoms with E-state index in [0.29, 0.717) is 6.42 Å². The standard InChI is InChI=1S/C20H33NO/c1-3-4-5-6-7-8-9-10-11-20(22)19-14-12-18(13-15-19)16-17(2)21/h12-15,17H,3-11,16,21H2,1-2H3. The second-order valence-corrected chi connectivity index (χ2v) is 6.53. The van der Waals surface area contributed by atoms with Crippen LogP contribution in [0.1, 0.15) is 87.6 Å². The fourth-order valence-electron chi connectivity index (χ4n) is 2.76. The number of benzene rings is 1. The quantitative estimate of drug-likeness (QED) is 0.421. The van der Waals surface area contributed by atoms with Crippen LogP contribution in [0.3, 0.4) is 0 Å². The van der Waals surface area contributed by atoms with Crippen LogP contribution in [0.5, 0.6) is 0 Å². The molecule has 1 rings (SSSR count). The lowest BCUT2D eigenvalue weighted by atomic mass is 10.0. The topological polar surface area (TPSA) is 43.1 Å². The first kappa shape index (κ1) is 18.9. The van der Waals surface area contributed by atoms with Crippen LogP contribution in [0.2, 0.25) is 0 Å². The van der Waals surface area contributed by atoms with Crippen LogP contribution in [0.15, 0.2) is 24.3 Å². The Morgan fingerprint density at radius 3 is 2.05 bits per heavy atom. The Kier molecular flexibility index (Phi) is 9.81. The number of hydrogen-bond donors (Lipinski definition) is 1. The maximum absolute atomic E-state index is 12.1. The van der Waals surface area contributed by atoms with Gasteiger partial charge in [-0.15, -0.1) is 0 Å². The molecule has 0 heterocycles. The van der Waals surface area contributed by atoms with Crippen molar-refractivity contribution in [1.29, 1.82) is 0 Å². The third kappa shape index (κ3) is 8.33. The SMILES string of the molecule is CCCCCCCCCCC(=O)c1ccc(CC(C)N)cc1. The molecule has 124 valence electrons. The van der Waals surface area contributed by atoms with Crippen molar-refractivity contribution < 1.29 is 4.79 Å². The zero-order chi connectivity index (χ0) is 16.2. The van der Waals surface area contributed by atoms with E-state index < -0.39 is 0 Å². The molecule has 0 aliphatic carbocycles. The van der Waals surface area contributed by atoms with Crippen molar-refractivity contribution in [2.75, 3.05) is 0 Å². The maximum atomic E-state index is 12.1. The number of rotatable bonds is 12. The van der Waals surface area contributed by atoms with Crippen molar-refractivity contribution in [2.45, 2.75) is 84.1 Å². The molecule has 1 atom stereocenters. The first-order valence-electron chi connectivity index (χ1n) is 9.01. The molecule has 0 aromatic heterocycles. The van der Waals surface area contributed by atoms with Gasteiger partial charge in [0.25, 0.3) is 0 Å². The molecule has 1 aromatic rings. The van der Waals surface area contributed by atoms with E-state index in [4.69, 9.17) is 5.73 Å². The molecular weight excluding hydrogens is 270 g/mol. The van der Waals surface area contributed by atoms with E-state index in [-0.39, 0.29) is 11.8 Å². The minimum atomic E-state index is 0.166. The molecule has 0 radical (unpaired) electrons. The summed E-state index contributed by atoms with van der Waals surface area (Å²) in [5, 5.41) is 0. The number of Topliss-reactive ketones (excluding diaryl/α,β-unsaturated/α-hetero) is 1. The summed E-state index contributed by atoms with van der Waals surface area (Å²) in [7, 11) is 0. The molecule has 0 saturated heterocycles. The van der Waals surface area contributed by atoms with Gasteiger partial charge in [0.2, 0.25) is 0 Å². The smallest absolute Gasteiger partial charge is 0.162 e. The average Bonchev–Trinajstić information content (AvgIpc) is 2.50. The van der Waals surface area contributed by atoms with Crippen molar-refractivity contribution in [3.63, 3.8) is 0 Å². The molecule has 0 saturated carbocycles. The van der Waals surface area contributed by atoms with Gasteiger partial charge in [0.05, 0.1) is 0 Å². The average molecular weight is 303 g/mol. The van der Waals surface area contributed by atoms with Crippen molar-refractivity contribution in [1.82, 2.24) is 0 Å². The summed E-state index contributed by atoms with van der Waals surface area (Å²) < 4.78 is 0. The van der Waals surface area contributed by atoms with Gasteiger partial charge in [-0.2, -0.15) is 0 Å². The summed E-state index contributed by atoms with van der Waals surface area (Å²) in [6, 6.07) is 8.13. The van der Waals surface area contributed by atoms with Gasteiger partial charge in [-0.05, 0) is 25.3 Å². The van der Waals surface area contributed by atoms with Crippen LogP contribution in [0, 0.1) is 0 Å². The molecular formula is C20H33NO. The Labute approximate surface area is 136 Å². The summed E-state index contributed by atoms with van der Waals surface area (Å²) in [5.41, 5.74) is 7.84. The van der Waals surface area contributed by atoms with E-state index in [0.717, 1.165) is 18.4 Å².